The molecular formula is C12H20BrN3O2. The van der Waals surface area contributed by atoms with Gasteiger partial charge < -0.3 is 10.1 Å². The number of hydrogen-bond donors (Lipinski definition) is 1. The fraction of sp³-hybridized carbons (Fsp3) is 0.667. The van der Waals surface area contributed by atoms with Crippen molar-refractivity contribution in [3.63, 3.8) is 0 Å². The second-order valence-corrected chi connectivity index (χ2v) is 4.71. The van der Waals surface area contributed by atoms with Crippen molar-refractivity contribution in [2.45, 2.75) is 33.2 Å². The van der Waals surface area contributed by atoms with E-state index in [2.05, 4.69) is 33.3 Å². The Bertz CT molecular complexity index is 404. The maximum absolute atomic E-state index is 11.1. The summed E-state index contributed by atoms with van der Waals surface area (Å²) in [5.41, 5.74) is 2.15. The Hall–Kier alpha value is -0.880. The molecule has 0 spiro atoms. The highest BCUT2D eigenvalue weighted by Crippen LogP contribution is 2.21. The molecule has 5 nitrogen and oxygen atoms in total. The number of rotatable bonds is 7. The van der Waals surface area contributed by atoms with Crippen LogP contribution >= 0.6 is 15.9 Å². The van der Waals surface area contributed by atoms with Crippen LogP contribution in [-0.4, -0.2) is 28.9 Å². The number of ether oxygens (including phenoxy) is 1. The molecular weight excluding hydrogens is 298 g/mol. The van der Waals surface area contributed by atoms with Crippen molar-refractivity contribution in [3.8, 4) is 0 Å². The zero-order valence-electron chi connectivity index (χ0n) is 11.1. The van der Waals surface area contributed by atoms with E-state index in [1.165, 1.54) is 0 Å². The van der Waals surface area contributed by atoms with Crippen molar-refractivity contribution < 1.29 is 9.53 Å². The van der Waals surface area contributed by atoms with Crippen molar-refractivity contribution in [3.05, 3.63) is 15.9 Å². The van der Waals surface area contributed by atoms with E-state index in [-0.39, 0.29) is 5.97 Å². The molecule has 0 aliphatic heterocycles. The molecule has 1 aromatic heterocycles. The molecule has 1 rings (SSSR count). The number of nitrogens with zero attached hydrogens (tertiary/aromatic N) is 2. The second-order valence-electron chi connectivity index (χ2n) is 3.92. The first-order chi connectivity index (χ1) is 8.60. The van der Waals surface area contributed by atoms with Crippen LogP contribution in [0.2, 0.25) is 0 Å². The molecule has 0 amide bonds. The number of aryl methyl sites for hydroxylation is 2. The standard InChI is InChI=1S/C12H20BrN3O2/c1-4-9-12(13)10(16(3)15-9)8-14-7-6-11(17)18-5-2/h14H,4-8H2,1-3H3. The molecule has 18 heavy (non-hydrogen) atoms. The molecule has 0 saturated heterocycles. The van der Waals surface area contributed by atoms with Crippen LogP contribution in [0.1, 0.15) is 31.7 Å². The number of carbonyl (C=O) groups is 1. The summed E-state index contributed by atoms with van der Waals surface area (Å²) in [6, 6.07) is 0. The number of halogens is 1. The molecule has 1 N–H and O–H groups in total. The molecule has 102 valence electrons. The molecule has 0 bridgehead atoms. The molecule has 0 radical (unpaired) electrons. The predicted octanol–water partition coefficient (Wildman–Crippen LogP) is 1.79. The monoisotopic (exact) mass is 317 g/mol. The Balaban J connectivity index is 2.40. The largest absolute Gasteiger partial charge is 0.466 e. The third-order valence-electron chi connectivity index (χ3n) is 2.61. The predicted molar refractivity (Wildman–Crippen MR) is 73.2 cm³/mol. The maximum Gasteiger partial charge on any atom is 0.307 e. The minimum atomic E-state index is -0.164. The topological polar surface area (TPSA) is 56.1 Å². The van der Waals surface area contributed by atoms with Crippen LogP contribution in [0, 0.1) is 0 Å². The Morgan fingerprint density at radius 2 is 2.22 bits per heavy atom. The van der Waals surface area contributed by atoms with Crippen molar-refractivity contribution in [2.24, 2.45) is 7.05 Å². The van der Waals surface area contributed by atoms with Crippen LogP contribution in [0.5, 0.6) is 0 Å². The van der Waals surface area contributed by atoms with Gasteiger partial charge in [0.15, 0.2) is 0 Å². The average molecular weight is 318 g/mol. The van der Waals surface area contributed by atoms with E-state index in [1.807, 2.05) is 18.7 Å². The molecule has 0 fully saturated rings. The Morgan fingerprint density at radius 1 is 1.50 bits per heavy atom. The highest BCUT2D eigenvalue weighted by Gasteiger charge is 2.11. The van der Waals surface area contributed by atoms with Crippen LogP contribution in [0.15, 0.2) is 4.47 Å². The average Bonchev–Trinajstić information content (AvgIpc) is 2.61. The first-order valence-electron chi connectivity index (χ1n) is 6.16. The van der Waals surface area contributed by atoms with Crippen LogP contribution in [-0.2, 0) is 29.5 Å². The Morgan fingerprint density at radius 3 is 2.78 bits per heavy atom. The van der Waals surface area contributed by atoms with Crippen molar-refractivity contribution in [2.75, 3.05) is 13.2 Å². The van der Waals surface area contributed by atoms with E-state index in [0.29, 0.717) is 26.1 Å². The molecule has 0 aliphatic rings. The van der Waals surface area contributed by atoms with Gasteiger partial charge in [-0.1, -0.05) is 6.92 Å². The van der Waals surface area contributed by atoms with E-state index in [0.717, 1.165) is 22.3 Å². The number of hydrogen-bond acceptors (Lipinski definition) is 4. The van der Waals surface area contributed by atoms with Crippen LogP contribution in [0.4, 0.5) is 0 Å². The Kier molecular flexibility index (Phi) is 6.35. The summed E-state index contributed by atoms with van der Waals surface area (Å²) in [6.45, 7) is 5.61. The van der Waals surface area contributed by atoms with Crippen molar-refractivity contribution in [1.29, 1.82) is 0 Å². The molecule has 0 aliphatic carbocycles. The molecule has 1 aromatic rings. The third-order valence-corrected chi connectivity index (χ3v) is 3.52. The van der Waals surface area contributed by atoms with E-state index in [1.54, 1.807) is 0 Å². The van der Waals surface area contributed by atoms with Gasteiger partial charge in [-0.2, -0.15) is 5.10 Å². The normalized spacial score (nSPS) is 10.7. The SMILES string of the molecule is CCOC(=O)CCNCc1c(Br)c(CC)nn1C. The van der Waals surface area contributed by atoms with Gasteiger partial charge in [0.1, 0.15) is 0 Å². The van der Waals surface area contributed by atoms with E-state index in [4.69, 9.17) is 4.74 Å². The zero-order valence-corrected chi connectivity index (χ0v) is 12.7. The van der Waals surface area contributed by atoms with Gasteiger partial charge in [-0.25, -0.2) is 0 Å². The number of aromatic nitrogens is 2. The van der Waals surface area contributed by atoms with Crippen molar-refractivity contribution >= 4 is 21.9 Å². The minimum Gasteiger partial charge on any atom is -0.466 e. The number of esters is 1. The van der Waals surface area contributed by atoms with Crippen molar-refractivity contribution in [1.82, 2.24) is 15.1 Å². The summed E-state index contributed by atoms with van der Waals surface area (Å²) in [4.78, 5) is 11.1. The van der Waals surface area contributed by atoms with Gasteiger partial charge in [-0.15, -0.1) is 0 Å². The summed E-state index contributed by atoms with van der Waals surface area (Å²) in [7, 11) is 1.92. The molecule has 0 unspecified atom stereocenters. The zero-order chi connectivity index (χ0) is 13.5. The van der Waals surface area contributed by atoms with Gasteiger partial charge in [0.2, 0.25) is 0 Å². The third kappa shape index (κ3) is 4.10. The lowest BCUT2D eigenvalue weighted by Crippen LogP contribution is -2.20. The minimum absolute atomic E-state index is 0.164. The van der Waals surface area contributed by atoms with Gasteiger partial charge in [-0.3, -0.25) is 9.48 Å². The summed E-state index contributed by atoms with van der Waals surface area (Å²) >= 11 is 3.55. The highest BCUT2D eigenvalue weighted by molar-refractivity contribution is 9.10. The van der Waals surface area contributed by atoms with Gasteiger partial charge in [0.25, 0.3) is 0 Å². The molecule has 0 saturated carbocycles. The maximum atomic E-state index is 11.1. The van der Waals surface area contributed by atoms with E-state index in [9.17, 15) is 4.79 Å². The fourth-order valence-corrected chi connectivity index (χ4v) is 2.40. The molecule has 0 aromatic carbocycles. The molecule has 6 heteroatoms. The summed E-state index contributed by atoms with van der Waals surface area (Å²) < 4.78 is 7.77. The van der Waals surface area contributed by atoms with Crippen LogP contribution < -0.4 is 5.32 Å². The van der Waals surface area contributed by atoms with E-state index >= 15 is 0 Å². The lowest BCUT2D eigenvalue weighted by atomic mass is 10.3. The van der Waals surface area contributed by atoms with Gasteiger partial charge >= 0.3 is 5.97 Å². The fourth-order valence-electron chi connectivity index (χ4n) is 1.64. The van der Waals surface area contributed by atoms with Crippen LogP contribution in [0.3, 0.4) is 0 Å². The molecule has 0 atom stereocenters. The lowest BCUT2D eigenvalue weighted by Gasteiger charge is -2.05. The summed E-state index contributed by atoms with van der Waals surface area (Å²) in [6.07, 6.45) is 1.29. The second kappa shape index (κ2) is 7.53. The summed E-state index contributed by atoms with van der Waals surface area (Å²) in [5, 5.41) is 7.63. The smallest absolute Gasteiger partial charge is 0.307 e. The quantitative estimate of drug-likeness (QED) is 0.615. The number of nitrogens with one attached hydrogen (secondary N) is 1. The highest BCUT2D eigenvalue weighted by atomic mass is 79.9. The van der Waals surface area contributed by atoms with Crippen LogP contribution in [0.25, 0.3) is 0 Å². The first-order valence-corrected chi connectivity index (χ1v) is 6.96. The Labute approximate surface area is 116 Å². The van der Waals surface area contributed by atoms with E-state index < -0.39 is 0 Å². The number of carbonyl (C=O) groups excluding carboxylic acids is 1. The van der Waals surface area contributed by atoms with Gasteiger partial charge in [0, 0.05) is 20.1 Å². The van der Waals surface area contributed by atoms with Gasteiger partial charge in [-0.05, 0) is 29.3 Å². The first kappa shape index (κ1) is 15.2. The molecule has 1 heterocycles. The lowest BCUT2D eigenvalue weighted by molar-refractivity contribution is -0.142. The summed E-state index contributed by atoms with van der Waals surface area (Å²) in [5.74, 6) is -0.164. The van der Waals surface area contributed by atoms with Gasteiger partial charge in [0.05, 0.1) is 28.9 Å².